The van der Waals surface area contributed by atoms with Gasteiger partial charge in [-0.3, -0.25) is 24.6 Å². The van der Waals surface area contributed by atoms with E-state index >= 15 is 0 Å². The van der Waals surface area contributed by atoms with Gasteiger partial charge in [-0.05, 0) is 26.0 Å². The summed E-state index contributed by atoms with van der Waals surface area (Å²) < 4.78 is 1.49. The van der Waals surface area contributed by atoms with Crippen LogP contribution < -0.4 is 5.32 Å². The van der Waals surface area contributed by atoms with Crippen molar-refractivity contribution in [3.05, 3.63) is 46.0 Å². The van der Waals surface area contributed by atoms with Crippen molar-refractivity contribution < 1.29 is 9.72 Å². The smallest absolute Gasteiger partial charge is 0.312 e. The Morgan fingerprint density at radius 1 is 1.38 bits per heavy atom. The van der Waals surface area contributed by atoms with Gasteiger partial charge in [0.25, 0.3) is 0 Å². The van der Waals surface area contributed by atoms with E-state index in [1.165, 1.54) is 4.68 Å². The molecule has 8 nitrogen and oxygen atoms in total. The molecule has 0 spiro atoms. The molecule has 0 radical (unpaired) electrons. The van der Waals surface area contributed by atoms with Crippen molar-refractivity contribution in [1.29, 1.82) is 0 Å². The first kappa shape index (κ1) is 14.6. The van der Waals surface area contributed by atoms with E-state index in [4.69, 9.17) is 0 Å². The second-order valence-electron chi connectivity index (χ2n) is 4.53. The number of aromatic nitrogens is 3. The Balaban J connectivity index is 1.99. The molecule has 0 saturated carbocycles. The minimum Gasteiger partial charge on any atom is -0.326 e. The maximum absolute atomic E-state index is 11.8. The van der Waals surface area contributed by atoms with E-state index in [0.717, 1.165) is 0 Å². The third-order valence-corrected chi connectivity index (χ3v) is 3.04. The molecule has 110 valence electrons. The zero-order chi connectivity index (χ0) is 15.4. The summed E-state index contributed by atoms with van der Waals surface area (Å²) in [6, 6.07) is 3.37. The molecule has 1 N–H and O–H groups in total. The molecular weight excluding hydrogens is 274 g/mol. The number of anilines is 1. The Labute approximate surface area is 121 Å². The molecule has 0 bridgehead atoms. The first-order valence-electron chi connectivity index (χ1n) is 6.37. The van der Waals surface area contributed by atoms with Gasteiger partial charge >= 0.3 is 5.69 Å². The molecule has 0 saturated heterocycles. The second kappa shape index (κ2) is 6.12. The molecule has 0 atom stereocenters. The maximum Gasteiger partial charge on any atom is 0.312 e. The van der Waals surface area contributed by atoms with Crippen LogP contribution in [0.1, 0.15) is 17.8 Å². The average Bonchev–Trinajstić information content (AvgIpc) is 2.72. The predicted octanol–water partition coefficient (Wildman–Crippen LogP) is 1.83. The van der Waals surface area contributed by atoms with E-state index in [2.05, 4.69) is 15.4 Å². The zero-order valence-corrected chi connectivity index (χ0v) is 11.7. The molecule has 0 unspecified atom stereocenters. The molecule has 21 heavy (non-hydrogen) atoms. The van der Waals surface area contributed by atoms with Crippen LogP contribution in [0.2, 0.25) is 0 Å². The summed E-state index contributed by atoms with van der Waals surface area (Å²) in [5, 5.41) is 17.7. The van der Waals surface area contributed by atoms with Crippen molar-refractivity contribution in [2.75, 3.05) is 5.32 Å². The quantitative estimate of drug-likeness (QED) is 0.668. The highest BCUT2D eigenvalue weighted by Crippen LogP contribution is 2.21. The summed E-state index contributed by atoms with van der Waals surface area (Å²) in [6.45, 7) is 3.50. The second-order valence-corrected chi connectivity index (χ2v) is 4.53. The number of hydrogen-bond donors (Lipinski definition) is 1. The third kappa shape index (κ3) is 3.41. The van der Waals surface area contributed by atoms with Gasteiger partial charge < -0.3 is 5.32 Å². The van der Waals surface area contributed by atoms with Crippen LogP contribution in [0.4, 0.5) is 11.4 Å². The van der Waals surface area contributed by atoms with E-state index in [1.54, 1.807) is 38.4 Å². The van der Waals surface area contributed by atoms with Crippen LogP contribution in [0.3, 0.4) is 0 Å². The lowest BCUT2D eigenvalue weighted by Gasteiger charge is -2.05. The molecule has 1 amide bonds. The van der Waals surface area contributed by atoms with Crippen LogP contribution in [-0.2, 0) is 11.3 Å². The standard InChI is InChI=1S/C13H15N5O3/c1-9-13(18(20)21)10(2)17(16-9)8-5-12(19)15-11-3-6-14-7-4-11/h3-4,6-7H,5,8H2,1-2H3,(H,14,15,19). The fourth-order valence-electron chi connectivity index (χ4n) is 2.04. The number of nitro groups is 1. The molecule has 0 aliphatic carbocycles. The van der Waals surface area contributed by atoms with E-state index in [-0.39, 0.29) is 24.6 Å². The number of nitrogens with zero attached hydrogens (tertiary/aromatic N) is 4. The van der Waals surface area contributed by atoms with Crippen LogP contribution in [0, 0.1) is 24.0 Å². The summed E-state index contributed by atoms with van der Waals surface area (Å²) in [7, 11) is 0. The van der Waals surface area contributed by atoms with E-state index in [1.807, 2.05) is 0 Å². The zero-order valence-electron chi connectivity index (χ0n) is 11.7. The lowest BCUT2D eigenvalue weighted by atomic mass is 10.3. The van der Waals surface area contributed by atoms with E-state index < -0.39 is 4.92 Å². The molecule has 0 aliphatic rings. The molecular formula is C13H15N5O3. The Morgan fingerprint density at radius 2 is 2.05 bits per heavy atom. The van der Waals surface area contributed by atoms with Gasteiger partial charge in [-0.2, -0.15) is 5.10 Å². The normalized spacial score (nSPS) is 10.4. The number of aryl methyl sites for hydroxylation is 2. The number of hydrogen-bond acceptors (Lipinski definition) is 5. The number of carbonyl (C=O) groups is 1. The summed E-state index contributed by atoms with van der Waals surface area (Å²) in [4.78, 5) is 26.1. The van der Waals surface area contributed by atoms with Crippen molar-refractivity contribution in [2.45, 2.75) is 26.8 Å². The fraction of sp³-hybridized carbons (Fsp3) is 0.308. The molecule has 2 heterocycles. The van der Waals surface area contributed by atoms with Crippen LogP contribution in [0.15, 0.2) is 24.5 Å². The van der Waals surface area contributed by atoms with Gasteiger partial charge in [-0.15, -0.1) is 0 Å². The van der Waals surface area contributed by atoms with Crippen molar-refractivity contribution in [3.8, 4) is 0 Å². The van der Waals surface area contributed by atoms with Crippen molar-refractivity contribution >= 4 is 17.3 Å². The summed E-state index contributed by atoms with van der Waals surface area (Å²) in [6.07, 6.45) is 3.35. The van der Waals surface area contributed by atoms with E-state index in [0.29, 0.717) is 17.1 Å². The topological polar surface area (TPSA) is 103 Å². The van der Waals surface area contributed by atoms with Crippen LogP contribution in [0.5, 0.6) is 0 Å². The Bertz CT molecular complexity index is 666. The molecule has 2 aromatic heterocycles. The van der Waals surface area contributed by atoms with Gasteiger partial charge in [0.2, 0.25) is 5.91 Å². The molecule has 0 aromatic carbocycles. The van der Waals surface area contributed by atoms with E-state index in [9.17, 15) is 14.9 Å². The monoisotopic (exact) mass is 289 g/mol. The highest BCUT2D eigenvalue weighted by molar-refractivity contribution is 5.90. The largest absolute Gasteiger partial charge is 0.326 e. The average molecular weight is 289 g/mol. The van der Waals surface area contributed by atoms with Gasteiger partial charge in [-0.25, -0.2) is 0 Å². The third-order valence-electron chi connectivity index (χ3n) is 3.04. The minimum absolute atomic E-state index is 0.00421. The van der Waals surface area contributed by atoms with Crippen LogP contribution >= 0.6 is 0 Å². The van der Waals surface area contributed by atoms with Crippen molar-refractivity contribution in [3.63, 3.8) is 0 Å². The summed E-state index contributed by atoms with van der Waals surface area (Å²) in [5.74, 6) is -0.184. The molecule has 8 heteroatoms. The predicted molar refractivity (Wildman–Crippen MR) is 75.8 cm³/mol. The van der Waals surface area contributed by atoms with Gasteiger partial charge in [-0.1, -0.05) is 0 Å². The molecule has 0 fully saturated rings. The molecule has 2 rings (SSSR count). The lowest BCUT2D eigenvalue weighted by Crippen LogP contribution is -2.15. The van der Waals surface area contributed by atoms with Gasteiger partial charge in [0.15, 0.2) is 0 Å². The molecule has 2 aromatic rings. The number of carbonyl (C=O) groups excluding carboxylic acids is 1. The van der Waals surface area contributed by atoms with Crippen LogP contribution in [0.25, 0.3) is 0 Å². The first-order valence-corrected chi connectivity index (χ1v) is 6.37. The Hall–Kier alpha value is -2.77. The van der Waals surface area contributed by atoms with Gasteiger partial charge in [0.1, 0.15) is 11.4 Å². The van der Waals surface area contributed by atoms with Crippen molar-refractivity contribution in [2.24, 2.45) is 0 Å². The SMILES string of the molecule is Cc1nn(CCC(=O)Nc2ccncc2)c(C)c1[N+](=O)[O-]. The summed E-state index contributed by atoms with van der Waals surface area (Å²) in [5.41, 5.74) is 1.47. The number of nitrogens with one attached hydrogen (secondary N) is 1. The van der Waals surface area contributed by atoms with Crippen LogP contribution in [-0.4, -0.2) is 25.6 Å². The first-order chi connectivity index (χ1) is 9.99. The highest BCUT2D eigenvalue weighted by Gasteiger charge is 2.21. The number of rotatable bonds is 5. The minimum atomic E-state index is -0.453. The lowest BCUT2D eigenvalue weighted by molar-refractivity contribution is -0.386. The number of amides is 1. The Kier molecular flexibility index (Phi) is 4.27. The molecule has 0 aliphatic heterocycles. The summed E-state index contributed by atoms with van der Waals surface area (Å²) >= 11 is 0. The Morgan fingerprint density at radius 3 is 2.62 bits per heavy atom. The van der Waals surface area contributed by atoms with Crippen molar-refractivity contribution in [1.82, 2.24) is 14.8 Å². The fourth-order valence-corrected chi connectivity index (χ4v) is 2.04. The number of pyridine rings is 1. The highest BCUT2D eigenvalue weighted by atomic mass is 16.6. The van der Waals surface area contributed by atoms with Gasteiger partial charge in [0, 0.05) is 24.5 Å². The van der Waals surface area contributed by atoms with Gasteiger partial charge in [0.05, 0.1) is 11.5 Å². The maximum atomic E-state index is 11.8.